The number of amides is 3. The lowest BCUT2D eigenvalue weighted by molar-refractivity contribution is -0.118. The molecule has 0 fully saturated rings. The summed E-state index contributed by atoms with van der Waals surface area (Å²) in [6.07, 6.45) is 0.337. The SMILES string of the molecule is O=C(N[C@@H](Cc1ccccc1)C(=O)Nc1ccc2sc(C(=O)NO)cc2c1)c1ccsc1. The Kier molecular flexibility index (Phi) is 6.60. The van der Waals surface area contributed by atoms with Crippen molar-refractivity contribution in [3.05, 3.63) is 87.4 Å². The van der Waals surface area contributed by atoms with E-state index in [9.17, 15) is 14.4 Å². The molecule has 7 nitrogen and oxygen atoms in total. The number of anilines is 1. The molecule has 0 bridgehead atoms. The van der Waals surface area contributed by atoms with Gasteiger partial charge in [0.25, 0.3) is 11.8 Å². The van der Waals surface area contributed by atoms with Crippen LogP contribution in [0, 0.1) is 0 Å². The molecule has 0 aliphatic carbocycles. The Morgan fingerprint density at radius 1 is 0.969 bits per heavy atom. The van der Waals surface area contributed by atoms with Crippen molar-refractivity contribution in [2.45, 2.75) is 12.5 Å². The first kappa shape index (κ1) is 21.7. The summed E-state index contributed by atoms with van der Waals surface area (Å²) in [6, 6.07) is 17.3. The van der Waals surface area contributed by atoms with Gasteiger partial charge in [0.2, 0.25) is 5.91 Å². The number of benzene rings is 2. The average molecular weight is 466 g/mol. The second-order valence-electron chi connectivity index (χ2n) is 7.02. The lowest BCUT2D eigenvalue weighted by Crippen LogP contribution is -2.45. The molecule has 2 aromatic carbocycles. The fourth-order valence-electron chi connectivity index (χ4n) is 3.21. The summed E-state index contributed by atoms with van der Waals surface area (Å²) >= 11 is 2.64. The zero-order valence-electron chi connectivity index (χ0n) is 16.7. The van der Waals surface area contributed by atoms with Crippen LogP contribution in [0.15, 0.2) is 71.4 Å². The second-order valence-corrected chi connectivity index (χ2v) is 8.89. The van der Waals surface area contributed by atoms with Gasteiger partial charge in [-0.25, -0.2) is 5.48 Å². The minimum atomic E-state index is -0.779. The van der Waals surface area contributed by atoms with Crippen molar-refractivity contribution in [3.63, 3.8) is 0 Å². The number of hydroxylamine groups is 1. The van der Waals surface area contributed by atoms with Crippen molar-refractivity contribution in [2.24, 2.45) is 0 Å². The van der Waals surface area contributed by atoms with E-state index in [1.807, 2.05) is 35.7 Å². The molecule has 162 valence electrons. The highest BCUT2D eigenvalue weighted by Gasteiger charge is 2.22. The third kappa shape index (κ3) is 5.02. The molecule has 4 N–H and O–H groups in total. The molecule has 2 aromatic heterocycles. The number of rotatable bonds is 7. The number of carbonyl (C=O) groups excluding carboxylic acids is 3. The number of carbonyl (C=O) groups is 3. The molecule has 0 radical (unpaired) electrons. The van der Waals surface area contributed by atoms with E-state index < -0.39 is 11.9 Å². The maximum atomic E-state index is 13.1. The van der Waals surface area contributed by atoms with E-state index in [0.717, 1.165) is 15.6 Å². The molecule has 0 saturated carbocycles. The van der Waals surface area contributed by atoms with E-state index in [1.165, 1.54) is 22.7 Å². The highest BCUT2D eigenvalue weighted by Crippen LogP contribution is 2.28. The normalized spacial score (nSPS) is 11.7. The van der Waals surface area contributed by atoms with Gasteiger partial charge in [0, 0.05) is 22.2 Å². The quantitative estimate of drug-likeness (QED) is 0.244. The van der Waals surface area contributed by atoms with Gasteiger partial charge in [0.05, 0.1) is 10.4 Å². The van der Waals surface area contributed by atoms with E-state index in [-0.39, 0.29) is 11.8 Å². The fraction of sp³-hybridized carbons (Fsp3) is 0.0870. The molecule has 9 heteroatoms. The first-order valence-corrected chi connectivity index (χ1v) is 11.5. The lowest BCUT2D eigenvalue weighted by atomic mass is 10.0. The largest absolute Gasteiger partial charge is 0.340 e. The van der Waals surface area contributed by atoms with Crippen molar-refractivity contribution in [1.29, 1.82) is 0 Å². The van der Waals surface area contributed by atoms with Crippen LogP contribution in [0.1, 0.15) is 25.6 Å². The Bertz CT molecular complexity index is 1250. The molecule has 4 aromatic rings. The molecule has 0 unspecified atom stereocenters. The minimum Gasteiger partial charge on any atom is -0.340 e. The number of nitrogens with one attached hydrogen (secondary N) is 3. The van der Waals surface area contributed by atoms with Gasteiger partial charge in [-0.05, 0) is 46.7 Å². The van der Waals surface area contributed by atoms with E-state index in [2.05, 4.69) is 10.6 Å². The van der Waals surface area contributed by atoms with Crippen molar-refractivity contribution in [1.82, 2.24) is 10.8 Å². The first-order chi connectivity index (χ1) is 15.5. The molecular weight excluding hydrogens is 446 g/mol. The maximum Gasteiger partial charge on any atom is 0.284 e. The van der Waals surface area contributed by atoms with Gasteiger partial charge in [0.1, 0.15) is 6.04 Å². The van der Waals surface area contributed by atoms with E-state index in [4.69, 9.17) is 5.21 Å². The van der Waals surface area contributed by atoms with E-state index in [1.54, 1.807) is 41.2 Å². The Morgan fingerprint density at radius 3 is 2.50 bits per heavy atom. The van der Waals surface area contributed by atoms with Gasteiger partial charge in [-0.1, -0.05) is 30.3 Å². The number of hydrogen-bond acceptors (Lipinski definition) is 6. The summed E-state index contributed by atoms with van der Waals surface area (Å²) in [5, 5.41) is 18.8. The summed E-state index contributed by atoms with van der Waals surface area (Å²) in [5.74, 6) is -1.24. The molecular formula is C23H19N3O4S2. The van der Waals surface area contributed by atoms with Gasteiger partial charge in [-0.2, -0.15) is 11.3 Å². The van der Waals surface area contributed by atoms with Gasteiger partial charge >= 0.3 is 0 Å². The highest BCUT2D eigenvalue weighted by atomic mass is 32.1. The van der Waals surface area contributed by atoms with Gasteiger partial charge in [-0.15, -0.1) is 11.3 Å². The predicted molar refractivity (Wildman–Crippen MR) is 125 cm³/mol. The van der Waals surface area contributed by atoms with Crippen LogP contribution in [0.5, 0.6) is 0 Å². The van der Waals surface area contributed by atoms with Crippen LogP contribution < -0.4 is 16.1 Å². The van der Waals surface area contributed by atoms with E-state index >= 15 is 0 Å². The maximum absolute atomic E-state index is 13.1. The molecule has 0 saturated heterocycles. The summed E-state index contributed by atoms with van der Waals surface area (Å²) in [4.78, 5) is 37.7. The standard InChI is InChI=1S/C23H19N3O4S2/c27-21(15-8-9-31-13-15)25-18(10-14-4-2-1-3-5-14)22(28)24-17-6-7-19-16(11-17)12-20(32-19)23(29)26-30/h1-9,11-13,18,30H,10H2,(H,24,28)(H,25,27)(H,26,29)/t18-/m0/s1. The Morgan fingerprint density at radius 2 is 1.78 bits per heavy atom. The number of fused-ring (bicyclic) bond motifs is 1. The van der Waals surface area contributed by atoms with Crippen LogP contribution in [0.2, 0.25) is 0 Å². The van der Waals surface area contributed by atoms with Crippen LogP contribution in [-0.2, 0) is 11.2 Å². The van der Waals surface area contributed by atoms with Gasteiger partial charge < -0.3 is 10.6 Å². The van der Waals surface area contributed by atoms with Crippen molar-refractivity contribution >= 4 is 56.2 Å². The highest BCUT2D eigenvalue weighted by molar-refractivity contribution is 7.20. The summed E-state index contributed by atoms with van der Waals surface area (Å²) in [7, 11) is 0. The average Bonchev–Trinajstić information content (AvgIpc) is 3.48. The Labute approximate surface area is 191 Å². The number of thiophene rings is 2. The Balaban J connectivity index is 1.54. The predicted octanol–water partition coefficient (Wildman–Crippen LogP) is 4.06. The third-order valence-electron chi connectivity index (χ3n) is 4.80. The van der Waals surface area contributed by atoms with Crippen molar-refractivity contribution in [3.8, 4) is 0 Å². The van der Waals surface area contributed by atoms with Crippen molar-refractivity contribution in [2.75, 3.05) is 5.32 Å². The molecule has 0 spiro atoms. The van der Waals surface area contributed by atoms with Crippen molar-refractivity contribution < 1.29 is 19.6 Å². The summed E-state index contributed by atoms with van der Waals surface area (Å²) in [6.45, 7) is 0. The molecule has 0 aliphatic rings. The molecule has 4 rings (SSSR count). The van der Waals surface area contributed by atoms with Crippen LogP contribution in [0.4, 0.5) is 5.69 Å². The number of hydrogen-bond donors (Lipinski definition) is 4. The zero-order chi connectivity index (χ0) is 22.5. The van der Waals surface area contributed by atoms with Gasteiger partial charge in [-0.3, -0.25) is 19.6 Å². The second kappa shape index (κ2) is 9.73. The van der Waals surface area contributed by atoms with Gasteiger partial charge in [0.15, 0.2) is 0 Å². The summed E-state index contributed by atoms with van der Waals surface area (Å²) in [5.41, 5.74) is 3.59. The van der Waals surface area contributed by atoms with E-state index in [0.29, 0.717) is 22.5 Å². The minimum absolute atomic E-state index is 0.310. The fourth-order valence-corrected chi connectivity index (χ4v) is 4.78. The third-order valence-corrected chi connectivity index (χ3v) is 6.60. The topological polar surface area (TPSA) is 108 Å². The molecule has 3 amide bonds. The molecule has 2 heterocycles. The first-order valence-electron chi connectivity index (χ1n) is 9.69. The molecule has 32 heavy (non-hydrogen) atoms. The zero-order valence-corrected chi connectivity index (χ0v) is 18.3. The van der Waals surface area contributed by atoms with Crippen LogP contribution in [0.3, 0.4) is 0 Å². The molecule has 1 atom stereocenters. The lowest BCUT2D eigenvalue weighted by Gasteiger charge is -2.18. The molecule has 0 aliphatic heterocycles. The smallest absolute Gasteiger partial charge is 0.284 e. The van der Waals surface area contributed by atoms with Crippen LogP contribution >= 0.6 is 22.7 Å². The monoisotopic (exact) mass is 465 g/mol. The van der Waals surface area contributed by atoms with Crippen LogP contribution in [0.25, 0.3) is 10.1 Å². The van der Waals surface area contributed by atoms with Crippen LogP contribution in [-0.4, -0.2) is 29.0 Å². The Hall–Kier alpha value is -3.53. The summed E-state index contributed by atoms with van der Waals surface area (Å²) < 4.78 is 0.841.